The van der Waals surface area contributed by atoms with Gasteiger partial charge in [0.05, 0.1) is 33.2 Å². The molecule has 0 saturated carbocycles. The predicted octanol–water partition coefficient (Wildman–Crippen LogP) is 4.46. The molecule has 0 aliphatic heterocycles. The Bertz CT molecular complexity index is 1040. The summed E-state index contributed by atoms with van der Waals surface area (Å²) in [5.74, 6) is 1.76. The van der Waals surface area contributed by atoms with Crippen LogP contribution in [0.2, 0.25) is 0 Å². The number of methoxy groups -OCH3 is 3. The Kier molecular flexibility index (Phi) is 4.45. The van der Waals surface area contributed by atoms with Crippen LogP contribution in [0.25, 0.3) is 26.8 Å². The van der Waals surface area contributed by atoms with Crippen LogP contribution < -0.4 is 14.2 Å². The van der Waals surface area contributed by atoms with E-state index in [4.69, 9.17) is 19.2 Å². The van der Waals surface area contributed by atoms with Gasteiger partial charge in [0, 0.05) is 11.1 Å². The first-order valence-corrected chi connectivity index (χ1v) is 9.18. The third-order valence-electron chi connectivity index (χ3n) is 4.30. The van der Waals surface area contributed by atoms with E-state index in [9.17, 15) is 0 Å². The van der Waals surface area contributed by atoms with Crippen molar-refractivity contribution in [3.05, 3.63) is 48.2 Å². The Morgan fingerprint density at radius 2 is 1.56 bits per heavy atom. The highest BCUT2D eigenvalue weighted by atomic mass is 32.1. The second kappa shape index (κ2) is 6.92. The topological polar surface area (TPSA) is 57.9 Å². The lowest BCUT2D eigenvalue weighted by molar-refractivity contribution is 0.324. The smallest absolute Gasteiger partial charge is 0.213 e. The van der Waals surface area contributed by atoms with Crippen LogP contribution in [0.1, 0.15) is 5.56 Å². The van der Waals surface area contributed by atoms with Gasteiger partial charge < -0.3 is 14.2 Å². The summed E-state index contributed by atoms with van der Waals surface area (Å²) < 4.78 is 18.1. The fourth-order valence-electron chi connectivity index (χ4n) is 2.88. The molecule has 0 unspecified atom stereocenters. The number of hydrogen-bond donors (Lipinski definition) is 0. The number of rotatable bonds is 5. The van der Waals surface area contributed by atoms with E-state index in [1.54, 1.807) is 25.8 Å². The van der Waals surface area contributed by atoms with E-state index in [0.29, 0.717) is 17.2 Å². The van der Waals surface area contributed by atoms with Crippen LogP contribution in [0.5, 0.6) is 17.2 Å². The van der Waals surface area contributed by atoms with Crippen molar-refractivity contribution in [3.8, 4) is 39.1 Å². The van der Waals surface area contributed by atoms with Gasteiger partial charge in [-0.1, -0.05) is 41.2 Å². The summed E-state index contributed by atoms with van der Waals surface area (Å²) in [4.78, 5) is 5.54. The summed E-state index contributed by atoms with van der Waals surface area (Å²) in [6.45, 7) is 2.07. The number of imidazole rings is 1. The molecule has 2 aromatic carbocycles. The zero-order valence-corrected chi connectivity index (χ0v) is 16.3. The lowest BCUT2D eigenvalue weighted by Gasteiger charge is -2.13. The van der Waals surface area contributed by atoms with E-state index in [-0.39, 0.29) is 0 Å². The van der Waals surface area contributed by atoms with Gasteiger partial charge in [-0.3, -0.25) is 0 Å². The largest absolute Gasteiger partial charge is 0.493 e. The second-order valence-corrected chi connectivity index (χ2v) is 7.00. The molecule has 4 rings (SSSR count). The highest BCUT2D eigenvalue weighted by Crippen LogP contribution is 2.42. The van der Waals surface area contributed by atoms with E-state index in [2.05, 4.69) is 36.3 Å². The summed E-state index contributed by atoms with van der Waals surface area (Å²) in [6.07, 6.45) is 1.94. The molecular formula is C20H19N3O3S. The maximum Gasteiger partial charge on any atom is 0.213 e. The standard InChI is InChI=1S/C20H19N3O3S/c1-12-5-7-13(8-6-12)15-11-23-20(21-15)27-19(22-23)14-9-16(24-2)18(26-4)17(10-14)25-3/h5-11H,1-4H3. The zero-order chi connectivity index (χ0) is 19.0. The lowest BCUT2D eigenvalue weighted by Crippen LogP contribution is -1.95. The van der Waals surface area contributed by atoms with Crippen molar-refractivity contribution < 1.29 is 14.2 Å². The first-order chi connectivity index (χ1) is 13.1. The fourth-order valence-corrected chi connectivity index (χ4v) is 3.75. The molecule has 2 heterocycles. The van der Waals surface area contributed by atoms with E-state index in [1.807, 2.05) is 18.3 Å². The van der Waals surface area contributed by atoms with Crippen LogP contribution >= 0.6 is 11.3 Å². The molecule has 0 spiro atoms. The molecule has 0 saturated heterocycles. The first-order valence-electron chi connectivity index (χ1n) is 8.36. The minimum Gasteiger partial charge on any atom is -0.493 e. The molecule has 0 radical (unpaired) electrons. The van der Waals surface area contributed by atoms with E-state index in [0.717, 1.165) is 26.8 Å². The maximum absolute atomic E-state index is 5.43. The third kappa shape index (κ3) is 3.10. The van der Waals surface area contributed by atoms with Crippen molar-refractivity contribution >= 4 is 16.3 Å². The Balaban J connectivity index is 1.75. The molecule has 27 heavy (non-hydrogen) atoms. The van der Waals surface area contributed by atoms with Gasteiger partial charge in [-0.25, -0.2) is 9.50 Å². The van der Waals surface area contributed by atoms with Crippen LogP contribution in [-0.2, 0) is 0 Å². The number of aromatic nitrogens is 3. The number of ether oxygens (including phenoxy) is 3. The summed E-state index contributed by atoms with van der Waals surface area (Å²) >= 11 is 1.51. The normalized spacial score (nSPS) is 11.0. The van der Waals surface area contributed by atoms with Gasteiger partial charge in [0.1, 0.15) is 5.01 Å². The van der Waals surface area contributed by atoms with Gasteiger partial charge in [0.15, 0.2) is 11.5 Å². The highest BCUT2D eigenvalue weighted by molar-refractivity contribution is 7.19. The van der Waals surface area contributed by atoms with Gasteiger partial charge in [0.2, 0.25) is 10.7 Å². The number of fused-ring (bicyclic) bond motifs is 1. The summed E-state index contributed by atoms with van der Waals surface area (Å²) in [5, 5.41) is 5.50. The van der Waals surface area contributed by atoms with E-state index < -0.39 is 0 Å². The number of benzene rings is 2. The molecule has 0 aliphatic rings. The molecular weight excluding hydrogens is 362 g/mol. The number of aryl methyl sites for hydroxylation is 1. The maximum atomic E-state index is 5.43. The quantitative estimate of drug-likeness (QED) is 0.511. The molecule has 0 atom stereocenters. The lowest BCUT2D eigenvalue weighted by atomic mass is 10.1. The SMILES string of the molecule is COc1cc(-c2nn3cc(-c4ccc(C)cc4)nc3s2)cc(OC)c1OC. The Morgan fingerprint density at radius 1 is 0.889 bits per heavy atom. The highest BCUT2D eigenvalue weighted by Gasteiger charge is 2.17. The number of nitrogens with zero attached hydrogens (tertiary/aromatic N) is 3. The van der Waals surface area contributed by atoms with Gasteiger partial charge in [-0.2, -0.15) is 5.10 Å². The molecule has 138 valence electrons. The van der Waals surface area contributed by atoms with Gasteiger partial charge in [-0.05, 0) is 19.1 Å². The van der Waals surface area contributed by atoms with Gasteiger partial charge in [-0.15, -0.1) is 0 Å². The Labute approximate surface area is 161 Å². The van der Waals surface area contributed by atoms with Gasteiger partial charge in [0.25, 0.3) is 0 Å². The van der Waals surface area contributed by atoms with E-state index in [1.165, 1.54) is 16.9 Å². The summed E-state index contributed by atoms with van der Waals surface area (Å²) in [7, 11) is 4.79. The van der Waals surface area contributed by atoms with Crippen molar-refractivity contribution in [2.24, 2.45) is 0 Å². The monoisotopic (exact) mass is 381 g/mol. The van der Waals surface area contributed by atoms with Crippen LogP contribution in [0.15, 0.2) is 42.6 Å². The second-order valence-electron chi connectivity index (χ2n) is 6.04. The Hall–Kier alpha value is -3.06. The van der Waals surface area contributed by atoms with Crippen molar-refractivity contribution in [2.45, 2.75) is 6.92 Å². The van der Waals surface area contributed by atoms with Crippen molar-refractivity contribution in [1.29, 1.82) is 0 Å². The average molecular weight is 381 g/mol. The number of hydrogen-bond acceptors (Lipinski definition) is 6. The molecule has 4 aromatic rings. The summed E-state index contributed by atoms with van der Waals surface area (Å²) in [6, 6.07) is 12.1. The minimum atomic E-state index is 0.562. The summed E-state index contributed by atoms with van der Waals surface area (Å²) in [5.41, 5.74) is 4.09. The van der Waals surface area contributed by atoms with Crippen LogP contribution in [0.3, 0.4) is 0 Å². The average Bonchev–Trinajstić information content (AvgIpc) is 3.26. The van der Waals surface area contributed by atoms with Crippen LogP contribution in [-0.4, -0.2) is 35.9 Å². The van der Waals surface area contributed by atoms with Crippen LogP contribution in [0, 0.1) is 6.92 Å². The van der Waals surface area contributed by atoms with E-state index >= 15 is 0 Å². The molecule has 0 amide bonds. The van der Waals surface area contributed by atoms with Crippen molar-refractivity contribution in [2.75, 3.05) is 21.3 Å². The molecule has 0 bridgehead atoms. The van der Waals surface area contributed by atoms with Crippen LogP contribution in [0.4, 0.5) is 0 Å². The molecule has 0 aliphatic carbocycles. The zero-order valence-electron chi connectivity index (χ0n) is 15.5. The van der Waals surface area contributed by atoms with Gasteiger partial charge >= 0.3 is 0 Å². The van der Waals surface area contributed by atoms with Crippen molar-refractivity contribution in [1.82, 2.24) is 14.6 Å². The Morgan fingerprint density at radius 3 is 2.11 bits per heavy atom. The first kappa shape index (κ1) is 17.4. The molecule has 0 N–H and O–H groups in total. The predicted molar refractivity (Wildman–Crippen MR) is 106 cm³/mol. The fraction of sp³-hybridized carbons (Fsp3) is 0.200. The molecule has 2 aromatic heterocycles. The molecule has 0 fully saturated rings. The molecule has 7 heteroatoms. The van der Waals surface area contributed by atoms with Crippen molar-refractivity contribution in [3.63, 3.8) is 0 Å². The third-order valence-corrected chi connectivity index (χ3v) is 5.27. The minimum absolute atomic E-state index is 0.562. The molecule has 6 nitrogen and oxygen atoms in total.